The van der Waals surface area contributed by atoms with Gasteiger partial charge >= 0.3 is 0 Å². The lowest BCUT2D eigenvalue weighted by Gasteiger charge is -2.37. The van der Waals surface area contributed by atoms with Crippen molar-refractivity contribution in [1.82, 2.24) is 4.98 Å². The predicted octanol–water partition coefficient (Wildman–Crippen LogP) is 13.1. The number of hydrogen-bond donors (Lipinski definition) is 2. The van der Waals surface area contributed by atoms with E-state index in [-0.39, 0.29) is 28.4 Å². The second-order valence-corrected chi connectivity index (χ2v) is 18.3. The molecule has 60 heavy (non-hydrogen) atoms. The van der Waals surface area contributed by atoms with Gasteiger partial charge in [0, 0.05) is 23.8 Å². The number of nitrogens with zero attached hydrogens (tertiary/aromatic N) is 2. The number of ketones is 2. The van der Waals surface area contributed by atoms with Crippen molar-refractivity contribution in [3.63, 3.8) is 0 Å². The first kappa shape index (κ1) is 47.6. The van der Waals surface area contributed by atoms with Gasteiger partial charge in [-0.1, -0.05) is 147 Å². The van der Waals surface area contributed by atoms with Crippen LogP contribution in [0.4, 0.5) is 11.4 Å². The Balaban J connectivity index is 1.32. The number of halogens is 2. The molecule has 316 valence electrons. The normalized spacial score (nSPS) is 21.0. The van der Waals surface area contributed by atoms with E-state index in [2.05, 4.69) is 126 Å². The first-order chi connectivity index (χ1) is 28.1. The van der Waals surface area contributed by atoms with Gasteiger partial charge in [-0.25, -0.2) is 4.98 Å². The monoisotopic (exact) mass is 845 g/mol. The second kappa shape index (κ2) is 20.5. The molecule has 2 aliphatic rings. The van der Waals surface area contributed by atoms with E-state index in [9.17, 15) is 9.59 Å². The Morgan fingerprint density at radius 2 is 1.20 bits per heavy atom. The van der Waals surface area contributed by atoms with Gasteiger partial charge in [-0.15, -0.1) is 0 Å². The van der Waals surface area contributed by atoms with Crippen molar-refractivity contribution in [2.24, 2.45) is 10.8 Å². The molecule has 3 N–H and O–H groups in total. The third-order valence-electron chi connectivity index (χ3n) is 11.2. The van der Waals surface area contributed by atoms with Crippen LogP contribution in [0.25, 0.3) is 0 Å². The quantitative estimate of drug-likeness (QED) is 0.119. The van der Waals surface area contributed by atoms with Crippen molar-refractivity contribution in [1.29, 1.82) is 0 Å². The number of Topliss-reactive ketones (excluding diaryl/α,β-unsaturated/α-hetero) is 2. The van der Waals surface area contributed by atoms with Gasteiger partial charge in [-0.3, -0.25) is 9.59 Å². The number of pyridine rings is 2. The number of allylic oxidation sites excluding steroid dienone is 21. The van der Waals surface area contributed by atoms with E-state index in [4.69, 9.17) is 28.9 Å². The Kier molecular flexibility index (Phi) is 16.3. The SMILES string of the molecule is CC(C=CC=C(C)C=CC1=C(C)C(=O)C(Nc2cc(C)cnc2Cl)CC1(C)C)=CC=CC=C(C)C=CC=C(C)C=CC1=C(C)C(=O)C([n+]2cc(C)cc(N)c2Cl)CC1(C)C. The Hall–Kier alpha value is -5.04. The number of aryl methyl sites for hydroxylation is 2. The van der Waals surface area contributed by atoms with Gasteiger partial charge in [0.05, 0.1) is 11.7 Å². The number of rotatable bonds is 13. The van der Waals surface area contributed by atoms with Crippen LogP contribution in [0.3, 0.4) is 0 Å². The molecule has 0 amide bonds. The second-order valence-electron chi connectivity index (χ2n) is 17.6. The summed E-state index contributed by atoms with van der Waals surface area (Å²) in [6.07, 6.45) is 33.8. The van der Waals surface area contributed by atoms with E-state index < -0.39 is 6.04 Å². The van der Waals surface area contributed by atoms with Crippen LogP contribution in [0.1, 0.15) is 99.2 Å². The molecule has 4 rings (SSSR count). The van der Waals surface area contributed by atoms with Crippen molar-refractivity contribution in [3.8, 4) is 0 Å². The number of nitrogens with two attached hydrogens (primary N) is 1. The van der Waals surface area contributed by atoms with Gasteiger partial charge in [0.25, 0.3) is 5.15 Å². The van der Waals surface area contributed by atoms with Crippen molar-refractivity contribution in [2.45, 2.75) is 108 Å². The van der Waals surface area contributed by atoms with Gasteiger partial charge in [-0.2, -0.15) is 4.57 Å². The molecular formula is C52H63Cl2N4O2+. The number of anilines is 2. The molecule has 6 nitrogen and oxygen atoms in total. The van der Waals surface area contributed by atoms with Crippen LogP contribution in [0.5, 0.6) is 0 Å². The minimum Gasteiger partial charge on any atom is -0.393 e. The number of carbonyl (C=O) groups is 2. The zero-order valence-electron chi connectivity index (χ0n) is 37.5. The average molecular weight is 847 g/mol. The molecule has 0 fully saturated rings. The Morgan fingerprint density at radius 1 is 0.717 bits per heavy atom. The molecule has 0 saturated heterocycles. The molecule has 2 heterocycles. The highest BCUT2D eigenvalue weighted by atomic mass is 35.5. The highest BCUT2D eigenvalue weighted by Gasteiger charge is 2.44. The van der Waals surface area contributed by atoms with Crippen LogP contribution in [-0.2, 0) is 9.59 Å². The first-order valence-corrected chi connectivity index (χ1v) is 21.3. The number of hydrogen-bond acceptors (Lipinski definition) is 5. The number of nitrogens with one attached hydrogen (secondary N) is 1. The lowest BCUT2D eigenvalue weighted by Crippen LogP contribution is -2.50. The van der Waals surface area contributed by atoms with E-state index in [0.29, 0.717) is 34.5 Å². The zero-order valence-corrected chi connectivity index (χ0v) is 39.0. The molecule has 0 aliphatic heterocycles. The lowest BCUT2D eigenvalue weighted by atomic mass is 9.70. The summed E-state index contributed by atoms with van der Waals surface area (Å²) < 4.78 is 1.83. The molecular weight excluding hydrogens is 784 g/mol. The Labute approximate surface area is 369 Å². The van der Waals surface area contributed by atoms with Crippen LogP contribution in [0.15, 0.2) is 154 Å². The molecule has 0 aromatic carbocycles. The van der Waals surface area contributed by atoms with Crippen LogP contribution in [0.2, 0.25) is 10.3 Å². The van der Waals surface area contributed by atoms with E-state index >= 15 is 0 Å². The summed E-state index contributed by atoms with van der Waals surface area (Å²) >= 11 is 12.9. The maximum atomic E-state index is 13.6. The van der Waals surface area contributed by atoms with Gasteiger partial charge in [-0.05, 0) is 119 Å². The summed E-state index contributed by atoms with van der Waals surface area (Å²) in [6, 6.07) is 2.99. The van der Waals surface area contributed by atoms with Crippen molar-refractivity contribution >= 4 is 46.1 Å². The number of nitrogen functional groups attached to an aromatic ring is 1. The van der Waals surface area contributed by atoms with E-state index in [1.54, 1.807) is 6.20 Å². The molecule has 2 aromatic heterocycles. The topological polar surface area (TPSA) is 89.0 Å². The highest BCUT2D eigenvalue weighted by molar-refractivity contribution is 6.32. The van der Waals surface area contributed by atoms with Crippen LogP contribution in [-0.4, -0.2) is 22.6 Å². The molecule has 2 atom stereocenters. The summed E-state index contributed by atoms with van der Waals surface area (Å²) in [4.78, 5) is 31.2. The van der Waals surface area contributed by atoms with Gasteiger partial charge < -0.3 is 11.1 Å². The van der Waals surface area contributed by atoms with Gasteiger partial charge in [0.2, 0.25) is 11.8 Å². The van der Waals surface area contributed by atoms with Gasteiger partial charge in [0.15, 0.2) is 17.1 Å². The maximum absolute atomic E-state index is 13.6. The summed E-state index contributed by atoms with van der Waals surface area (Å²) in [5.41, 5.74) is 16.8. The molecule has 0 spiro atoms. The number of aromatic nitrogens is 2. The van der Waals surface area contributed by atoms with Crippen LogP contribution >= 0.6 is 23.2 Å². The molecule has 0 saturated carbocycles. The summed E-state index contributed by atoms with van der Waals surface area (Å²) in [6.45, 7) is 24.7. The Morgan fingerprint density at radius 3 is 1.75 bits per heavy atom. The van der Waals surface area contributed by atoms with E-state index in [0.717, 1.165) is 55.7 Å². The number of carbonyl (C=O) groups excluding carboxylic acids is 2. The van der Waals surface area contributed by atoms with Crippen LogP contribution < -0.4 is 15.6 Å². The zero-order chi connectivity index (χ0) is 44.5. The third-order valence-corrected chi connectivity index (χ3v) is 11.9. The Bertz CT molecular complexity index is 2350. The summed E-state index contributed by atoms with van der Waals surface area (Å²) in [5, 5.41) is 4.12. The fraction of sp³-hybridized carbons (Fsp3) is 0.346. The minimum atomic E-state index is -0.396. The molecule has 2 aromatic rings. The maximum Gasteiger partial charge on any atom is 0.298 e. The lowest BCUT2D eigenvalue weighted by molar-refractivity contribution is -0.708. The smallest absolute Gasteiger partial charge is 0.298 e. The van der Waals surface area contributed by atoms with Crippen molar-refractivity contribution in [2.75, 3.05) is 11.1 Å². The van der Waals surface area contributed by atoms with Gasteiger partial charge in [0.1, 0.15) is 5.69 Å². The summed E-state index contributed by atoms with van der Waals surface area (Å²) in [7, 11) is 0. The molecule has 2 aliphatic carbocycles. The molecule has 0 bridgehead atoms. The fourth-order valence-corrected chi connectivity index (χ4v) is 8.22. The highest BCUT2D eigenvalue weighted by Crippen LogP contribution is 2.43. The van der Waals surface area contributed by atoms with E-state index in [1.165, 1.54) is 0 Å². The largest absolute Gasteiger partial charge is 0.393 e. The van der Waals surface area contributed by atoms with Crippen molar-refractivity contribution < 1.29 is 14.2 Å². The standard InChI is InChI=1S/C52H63Cl2N4O2/c1-33(19-15-21-35(3)23-25-41-39(7)47(59)45(29-51(41,9)10)57-44-28-37(5)31-56-49(44)53)17-13-14-18-34(2)20-16-22-36(4)24-26-42-40(8)48(60)46(30-52(42,11)12)58-32-38(6)27-43(55)50(58)54/h13-28,31-32,45-46,57H,29-30,55H2,1-12H3/q+1. The fourth-order valence-electron chi connectivity index (χ4n) is 7.84. The molecule has 2 unspecified atom stereocenters. The van der Waals surface area contributed by atoms with E-state index in [1.807, 2.05) is 74.9 Å². The average Bonchev–Trinajstić information content (AvgIpc) is 3.16. The third kappa shape index (κ3) is 12.5. The minimum absolute atomic E-state index is 0.0672. The van der Waals surface area contributed by atoms with Crippen molar-refractivity contribution in [3.05, 3.63) is 176 Å². The molecule has 0 radical (unpaired) electrons. The molecule has 8 heteroatoms. The summed E-state index contributed by atoms with van der Waals surface area (Å²) in [5.74, 6) is 0.148. The predicted molar refractivity (Wildman–Crippen MR) is 254 cm³/mol. The van der Waals surface area contributed by atoms with Crippen LogP contribution in [0, 0.1) is 24.7 Å². The first-order valence-electron chi connectivity index (χ1n) is 20.6.